The van der Waals surface area contributed by atoms with Gasteiger partial charge in [-0.05, 0) is 31.1 Å². The van der Waals surface area contributed by atoms with Crippen LogP contribution in [0.2, 0.25) is 0 Å². The van der Waals surface area contributed by atoms with Crippen LogP contribution >= 0.6 is 0 Å². The maximum Gasteiger partial charge on any atom is 0.305 e. The molecule has 0 radical (unpaired) electrons. The van der Waals surface area contributed by atoms with Gasteiger partial charge in [-0.3, -0.25) is 9.59 Å². The van der Waals surface area contributed by atoms with Gasteiger partial charge in [0.05, 0.1) is 6.61 Å². The minimum Gasteiger partial charge on any atom is -0.466 e. The Bertz CT molecular complexity index is 275. The van der Waals surface area contributed by atoms with E-state index in [-0.39, 0.29) is 11.9 Å². The van der Waals surface area contributed by atoms with E-state index in [1.807, 2.05) is 0 Å². The molecule has 0 aromatic heterocycles. The third-order valence-electron chi connectivity index (χ3n) is 3.15. The molecular formula is C15H29NO3. The molecule has 0 aromatic carbocycles. The van der Waals surface area contributed by atoms with Crippen LogP contribution in [0.15, 0.2) is 0 Å². The summed E-state index contributed by atoms with van der Waals surface area (Å²) in [7, 11) is 3.53. The smallest absolute Gasteiger partial charge is 0.305 e. The number of carbonyl (C=O) groups excluding carboxylic acids is 2. The second-order valence-corrected chi connectivity index (χ2v) is 5.87. The molecule has 0 fully saturated rings. The van der Waals surface area contributed by atoms with Gasteiger partial charge in [0.15, 0.2) is 0 Å². The summed E-state index contributed by atoms with van der Waals surface area (Å²) in [5.41, 5.74) is 0. The lowest BCUT2D eigenvalue weighted by Gasteiger charge is -2.14. The fourth-order valence-corrected chi connectivity index (χ4v) is 1.59. The summed E-state index contributed by atoms with van der Waals surface area (Å²) in [4.78, 5) is 24.4. The third kappa shape index (κ3) is 10.5. The summed E-state index contributed by atoms with van der Waals surface area (Å²) >= 11 is 0. The van der Waals surface area contributed by atoms with Crippen molar-refractivity contribution in [1.82, 2.24) is 4.90 Å². The van der Waals surface area contributed by atoms with Gasteiger partial charge in [0.2, 0.25) is 5.91 Å². The maximum absolute atomic E-state index is 11.4. The normalized spacial score (nSPS) is 12.3. The monoisotopic (exact) mass is 271 g/mol. The summed E-state index contributed by atoms with van der Waals surface area (Å²) in [6.45, 7) is 6.74. The molecule has 112 valence electrons. The number of esters is 1. The first kappa shape index (κ1) is 17.9. The second-order valence-electron chi connectivity index (χ2n) is 5.87. The van der Waals surface area contributed by atoms with Gasteiger partial charge in [-0.25, -0.2) is 0 Å². The van der Waals surface area contributed by atoms with E-state index < -0.39 is 0 Å². The van der Waals surface area contributed by atoms with Crippen LogP contribution < -0.4 is 0 Å². The van der Waals surface area contributed by atoms with Crippen LogP contribution in [0.3, 0.4) is 0 Å². The highest BCUT2D eigenvalue weighted by Crippen LogP contribution is 2.12. The van der Waals surface area contributed by atoms with Gasteiger partial charge >= 0.3 is 5.97 Å². The van der Waals surface area contributed by atoms with Crippen LogP contribution in [0, 0.1) is 11.8 Å². The van der Waals surface area contributed by atoms with E-state index in [4.69, 9.17) is 4.74 Å². The molecule has 0 heterocycles. The van der Waals surface area contributed by atoms with Crippen LogP contribution in [-0.4, -0.2) is 37.5 Å². The van der Waals surface area contributed by atoms with Crippen LogP contribution in [0.1, 0.15) is 52.9 Å². The topological polar surface area (TPSA) is 46.6 Å². The zero-order chi connectivity index (χ0) is 14.8. The van der Waals surface area contributed by atoms with E-state index in [1.54, 1.807) is 19.0 Å². The van der Waals surface area contributed by atoms with Crippen molar-refractivity contribution in [2.75, 3.05) is 20.7 Å². The van der Waals surface area contributed by atoms with Crippen molar-refractivity contribution in [2.45, 2.75) is 52.9 Å². The van der Waals surface area contributed by atoms with Gasteiger partial charge in [-0.1, -0.05) is 20.8 Å². The molecule has 0 saturated heterocycles. The lowest BCUT2D eigenvalue weighted by molar-refractivity contribution is -0.144. The van der Waals surface area contributed by atoms with Crippen LogP contribution in [0.5, 0.6) is 0 Å². The zero-order valence-electron chi connectivity index (χ0n) is 13.1. The van der Waals surface area contributed by atoms with E-state index in [1.165, 1.54) is 0 Å². The van der Waals surface area contributed by atoms with E-state index in [0.29, 0.717) is 31.3 Å². The van der Waals surface area contributed by atoms with Crippen molar-refractivity contribution in [3.05, 3.63) is 0 Å². The predicted molar refractivity (Wildman–Crippen MR) is 76.7 cm³/mol. The van der Waals surface area contributed by atoms with Gasteiger partial charge in [0, 0.05) is 26.9 Å². The average Bonchev–Trinajstić information content (AvgIpc) is 2.33. The van der Waals surface area contributed by atoms with Crippen molar-refractivity contribution in [3.63, 3.8) is 0 Å². The van der Waals surface area contributed by atoms with Crippen molar-refractivity contribution in [3.8, 4) is 0 Å². The molecule has 1 unspecified atom stereocenters. The minimum absolute atomic E-state index is 0.106. The average molecular weight is 271 g/mol. The number of hydrogen-bond donors (Lipinski definition) is 0. The van der Waals surface area contributed by atoms with E-state index in [2.05, 4.69) is 20.8 Å². The second kappa shape index (κ2) is 9.82. The summed E-state index contributed by atoms with van der Waals surface area (Å²) in [6.07, 6.45) is 3.63. The number of nitrogens with zero attached hydrogens (tertiary/aromatic N) is 1. The molecule has 4 nitrogen and oxygen atoms in total. The van der Waals surface area contributed by atoms with Gasteiger partial charge in [0.25, 0.3) is 0 Å². The molecule has 1 atom stereocenters. The first-order chi connectivity index (χ1) is 8.82. The minimum atomic E-state index is -0.106. The summed E-state index contributed by atoms with van der Waals surface area (Å²) in [5, 5.41) is 0. The van der Waals surface area contributed by atoms with Crippen LogP contribution in [-0.2, 0) is 14.3 Å². The molecule has 0 N–H and O–H groups in total. The van der Waals surface area contributed by atoms with Crippen molar-refractivity contribution in [1.29, 1.82) is 0 Å². The molecule has 0 saturated carbocycles. The SMILES string of the molecule is CC(C)CCC(=O)OCCC(C)CCC(=O)N(C)C. The Labute approximate surface area is 117 Å². The molecule has 1 amide bonds. The third-order valence-corrected chi connectivity index (χ3v) is 3.15. The van der Waals surface area contributed by atoms with Crippen LogP contribution in [0.4, 0.5) is 0 Å². The van der Waals surface area contributed by atoms with Gasteiger partial charge in [0.1, 0.15) is 0 Å². The lowest BCUT2D eigenvalue weighted by atomic mass is 10.0. The van der Waals surface area contributed by atoms with Crippen molar-refractivity contribution in [2.24, 2.45) is 11.8 Å². The summed E-state index contributed by atoms with van der Waals surface area (Å²) in [5.74, 6) is 0.983. The largest absolute Gasteiger partial charge is 0.466 e. The summed E-state index contributed by atoms with van der Waals surface area (Å²) < 4.78 is 5.18. The Kier molecular flexibility index (Phi) is 9.27. The van der Waals surface area contributed by atoms with Gasteiger partial charge < -0.3 is 9.64 Å². The molecule has 0 bridgehead atoms. The Balaban J connectivity index is 3.60. The Morgan fingerprint density at radius 2 is 1.63 bits per heavy atom. The molecule has 0 aromatic rings. The predicted octanol–water partition coefficient (Wildman–Crippen LogP) is 2.86. The van der Waals surface area contributed by atoms with E-state index in [9.17, 15) is 9.59 Å². The quantitative estimate of drug-likeness (QED) is 0.606. The fraction of sp³-hybridized carbons (Fsp3) is 0.867. The number of ether oxygens (including phenoxy) is 1. The van der Waals surface area contributed by atoms with Crippen molar-refractivity contribution >= 4 is 11.9 Å². The Morgan fingerprint density at radius 3 is 2.16 bits per heavy atom. The molecule has 0 aliphatic rings. The maximum atomic E-state index is 11.4. The first-order valence-electron chi connectivity index (χ1n) is 7.18. The first-order valence-corrected chi connectivity index (χ1v) is 7.18. The molecule has 19 heavy (non-hydrogen) atoms. The zero-order valence-corrected chi connectivity index (χ0v) is 13.1. The highest BCUT2D eigenvalue weighted by molar-refractivity contribution is 5.75. The summed E-state index contributed by atoms with van der Waals surface area (Å²) in [6, 6.07) is 0. The van der Waals surface area contributed by atoms with E-state index in [0.717, 1.165) is 19.3 Å². The van der Waals surface area contributed by atoms with Crippen molar-refractivity contribution < 1.29 is 14.3 Å². The highest BCUT2D eigenvalue weighted by atomic mass is 16.5. The number of amides is 1. The Morgan fingerprint density at radius 1 is 1.00 bits per heavy atom. The molecule has 4 heteroatoms. The van der Waals surface area contributed by atoms with E-state index >= 15 is 0 Å². The lowest BCUT2D eigenvalue weighted by Crippen LogP contribution is -2.22. The molecule has 0 spiro atoms. The highest BCUT2D eigenvalue weighted by Gasteiger charge is 2.10. The Hall–Kier alpha value is -1.06. The van der Waals surface area contributed by atoms with Crippen LogP contribution in [0.25, 0.3) is 0 Å². The van der Waals surface area contributed by atoms with Gasteiger partial charge in [-0.2, -0.15) is 0 Å². The number of carbonyl (C=O) groups is 2. The standard InChI is InChI=1S/C15H29NO3/c1-12(2)6-9-15(18)19-11-10-13(3)7-8-14(17)16(4)5/h12-13H,6-11H2,1-5H3. The fourth-order valence-electron chi connectivity index (χ4n) is 1.59. The molecule has 0 rings (SSSR count). The van der Waals surface area contributed by atoms with Gasteiger partial charge in [-0.15, -0.1) is 0 Å². The number of hydrogen-bond acceptors (Lipinski definition) is 3. The number of rotatable bonds is 9. The molecular weight excluding hydrogens is 242 g/mol. The molecule has 0 aliphatic carbocycles. The molecule has 0 aliphatic heterocycles.